The Labute approximate surface area is 156 Å². The minimum Gasteiger partial charge on any atom is -0.483 e. The van der Waals surface area contributed by atoms with Gasteiger partial charge in [-0.2, -0.15) is 5.10 Å². The first-order valence-electron chi connectivity index (χ1n) is 7.02. The van der Waals surface area contributed by atoms with Gasteiger partial charge in [-0.15, -0.1) is 0 Å². The number of nitrogens with zero attached hydrogens (tertiary/aromatic N) is 2. The first-order chi connectivity index (χ1) is 11.9. The standard InChI is InChI=1S/C16H13BrClN3O4/c1-10(11-2-5-13(6-3-11)21(23)24)19-20-16(22)9-25-15-7-4-12(18)8-14(15)17/h2-8H,9H2,1H3,(H,20,22)/b19-10-. The Morgan fingerprint density at radius 1 is 1.32 bits per heavy atom. The largest absolute Gasteiger partial charge is 0.483 e. The average Bonchev–Trinajstić information content (AvgIpc) is 2.59. The van der Waals surface area contributed by atoms with Crippen LogP contribution in [0.15, 0.2) is 52.0 Å². The Morgan fingerprint density at radius 3 is 2.60 bits per heavy atom. The molecule has 1 N–H and O–H groups in total. The molecule has 0 radical (unpaired) electrons. The van der Waals surface area contributed by atoms with E-state index in [1.165, 1.54) is 12.1 Å². The van der Waals surface area contributed by atoms with Gasteiger partial charge in [0.2, 0.25) is 0 Å². The zero-order chi connectivity index (χ0) is 18.4. The Morgan fingerprint density at radius 2 is 2.00 bits per heavy atom. The van der Waals surface area contributed by atoms with Gasteiger partial charge in [0.15, 0.2) is 6.61 Å². The van der Waals surface area contributed by atoms with Crippen LogP contribution in [0.25, 0.3) is 0 Å². The fourth-order valence-corrected chi connectivity index (χ4v) is 2.60. The van der Waals surface area contributed by atoms with Crippen LogP contribution in [0.1, 0.15) is 12.5 Å². The Kier molecular flexibility index (Phi) is 6.49. The molecule has 1 amide bonds. The molecular weight excluding hydrogens is 414 g/mol. The van der Waals surface area contributed by atoms with E-state index in [0.717, 1.165) is 0 Å². The molecule has 130 valence electrons. The van der Waals surface area contributed by atoms with Gasteiger partial charge in [0.1, 0.15) is 5.75 Å². The van der Waals surface area contributed by atoms with E-state index in [1.807, 2.05) is 0 Å². The predicted molar refractivity (Wildman–Crippen MR) is 98.1 cm³/mol. The SMILES string of the molecule is C/C(=N/NC(=O)COc1ccc(Cl)cc1Br)c1ccc([N+](=O)[O-])cc1. The van der Waals surface area contributed by atoms with E-state index in [2.05, 4.69) is 26.5 Å². The van der Waals surface area contributed by atoms with Gasteiger partial charge in [0.25, 0.3) is 11.6 Å². The van der Waals surface area contributed by atoms with Crippen molar-refractivity contribution >= 4 is 44.8 Å². The normalized spacial score (nSPS) is 11.1. The molecule has 2 aromatic rings. The van der Waals surface area contributed by atoms with Crippen molar-refractivity contribution in [3.63, 3.8) is 0 Å². The summed E-state index contributed by atoms with van der Waals surface area (Å²) in [7, 11) is 0. The Bertz CT molecular complexity index is 825. The fourth-order valence-electron chi connectivity index (χ4n) is 1.80. The Balaban J connectivity index is 1.91. The second-order valence-corrected chi connectivity index (χ2v) is 6.19. The van der Waals surface area contributed by atoms with E-state index in [0.29, 0.717) is 26.5 Å². The summed E-state index contributed by atoms with van der Waals surface area (Å²) in [6, 6.07) is 10.8. The van der Waals surface area contributed by atoms with Crippen LogP contribution in [0.5, 0.6) is 5.75 Å². The minimum atomic E-state index is -0.482. The lowest BCUT2D eigenvalue weighted by atomic mass is 10.1. The number of nitrogens with one attached hydrogen (secondary N) is 1. The number of carbonyl (C=O) groups excluding carboxylic acids is 1. The van der Waals surface area contributed by atoms with Gasteiger partial charge in [0.05, 0.1) is 15.1 Å². The molecule has 0 heterocycles. The molecule has 0 atom stereocenters. The Hall–Kier alpha value is -2.45. The molecule has 0 unspecified atom stereocenters. The molecule has 9 heteroatoms. The number of non-ortho nitro benzene ring substituents is 1. The third kappa shape index (κ3) is 5.54. The number of halogens is 2. The highest BCUT2D eigenvalue weighted by molar-refractivity contribution is 9.10. The van der Waals surface area contributed by atoms with Crippen LogP contribution in [0.2, 0.25) is 5.02 Å². The molecule has 25 heavy (non-hydrogen) atoms. The summed E-state index contributed by atoms with van der Waals surface area (Å²) in [5, 5.41) is 15.1. The van der Waals surface area contributed by atoms with Crippen molar-refractivity contribution in [1.82, 2.24) is 5.43 Å². The zero-order valence-electron chi connectivity index (χ0n) is 13.0. The number of hydrogen-bond donors (Lipinski definition) is 1. The molecule has 2 rings (SSSR count). The lowest BCUT2D eigenvalue weighted by Gasteiger charge is -2.08. The quantitative estimate of drug-likeness (QED) is 0.430. The van der Waals surface area contributed by atoms with Gasteiger partial charge in [-0.1, -0.05) is 11.6 Å². The number of hydrogen-bond acceptors (Lipinski definition) is 5. The van der Waals surface area contributed by atoms with E-state index in [1.54, 1.807) is 37.3 Å². The van der Waals surface area contributed by atoms with Crippen LogP contribution >= 0.6 is 27.5 Å². The number of amides is 1. The van der Waals surface area contributed by atoms with Gasteiger partial charge < -0.3 is 4.74 Å². The van der Waals surface area contributed by atoms with Crippen molar-refractivity contribution in [2.75, 3.05) is 6.61 Å². The number of benzene rings is 2. The summed E-state index contributed by atoms with van der Waals surface area (Å²) >= 11 is 9.12. The van der Waals surface area contributed by atoms with Crippen molar-refractivity contribution in [2.45, 2.75) is 6.92 Å². The third-order valence-electron chi connectivity index (χ3n) is 3.10. The van der Waals surface area contributed by atoms with Crippen molar-refractivity contribution in [1.29, 1.82) is 0 Å². The summed E-state index contributed by atoms with van der Waals surface area (Å²) in [6.07, 6.45) is 0. The lowest BCUT2D eigenvalue weighted by molar-refractivity contribution is -0.384. The van der Waals surface area contributed by atoms with E-state index in [-0.39, 0.29) is 12.3 Å². The highest BCUT2D eigenvalue weighted by Crippen LogP contribution is 2.27. The fraction of sp³-hybridized carbons (Fsp3) is 0.125. The van der Waals surface area contributed by atoms with E-state index in [9.17, 15) is 14.9 Å². The van der Waals surface area contributed by atoms with Crippen LogP contribution in [0, 0.1) is 10.1 Å². The lowest BCUT2D eigenvalue weighted by Crippen LogP contribution is -2.25. The third-order valence-corrected chi connectivity index (χ3v) is 3.95. The maximum Gasteiger partial charge on any atom is 0.277 e. The van der Waals surface area contributed by atoms with Gasteiger partial charge in [-0.05, 0) is 58.7 Å². The number of ether oxygens (including phenoxy) is 1. The van der Waals surface area contributed by atoms with Gasteiger partial charge in [0, 0.05) is 17.2 Å². The van der Waals surface area contributed by atoms with Crippen molar-refractivity contribution in [3.05, 3.63) is 67.6 Å². The number of hydrazone groups is 1. The van der Waals surface area contributed by atoms with E-state index >= 15 is 0 Å². The highest BCUT2D eigenvalue weighted by Gasteiger charge is 2.08. The number of carbonyl (C=O) groups is 1. The average molecular weight is 427 g/mol. The molecule has 0 aliphatic heterocycles. The zero-order valence-corrected chi connectivity index (χ0v) is 15.4. The molecule has 7 nitrogen and oxygen atoms in total. The smallest absolute Gasteiger partial charge is 0.277 e. The molecule has 0 aromatic heterocycles. The van der Waals surface area contributed by atoms with Gasteiger partial charge >= 0.3 is 0 Å². The number of rotatable bonds is 6. The summed E-state index contributed by atoms with van der Waals surface area (Å²) in [6.45, 7) is 1.45. The molecule has 0 saturated heterocycles. The van der Waals surface area contributed by atoms with E-state index < -0.39 is 10.8 Å². The second-order valence-electron chi connectivity index (χ2n) is 4.90. The van der Waals surface area contributed by atoms with Gasteiger partial charge in [-0.25, -0.2) is 5.43 Å². The second kappa shape index (κ2) is 8.59. The van der Waals surface area contributed by atoms with Crippen LogP contribution in [0.3, 0.4) is 0 Å². The summed E-state index contributed by atoms with van der Waals surface area (Å²) in [5.41, 5.74) is 3.53. The number of nitro benzene ring substituents is 1. The number of nitro groups is 1. The highest BCUT2D eigenvalue weighted by atomic mass is 79.9. The van der Waals surface area contributed by atoms with Crippen LogP contribution in [0.4, 0.5) is 5.69 Å². The minimum absolute atomic E-state index is 0.0115. The van der Waals surface area contributed by atoms with Gasteiger partial charge in [-0.3, -0.25) is 14.9 Å². The first-order valence-corrected chi connectivity index (χ1v) is 8.19. The maximum atomic E-state index is 11.8. The summed E-state index contributed by atoms with van der Waals surface area (Å²) in [5.74, 6) is 0.0405. The van der Waals surface area contributed by atoms with Crippen molar-refractivity contribution in [2.24, 2.45) is 5.10 Å². The molecule has 0 saturated carbocycles. The van der Waals surface area contributed by atoms with Crippen LogP contribution in [-0.4, -0.2) is 23.1 Å². The molecule has 0 aliphatic carbocycles. The molecule has 0 fully saturated rings. The molecule has 0 spiro atoms. The van der Waals surface area contributed by atoms with Crippen LogP contribution in [-0.2, 0) is 4.79 Å². The first kappa shape index (κ1) is 18.9. The topological polar surface area (TPSA) is 93.8 Å². The maximum absolute atomic E-state index is 11.8. The molecule has 0 bridgehead atoms. The molecule has 0 aliphatic rings. The monoisotopic (exact) mass is 425 g/mol. The van der Waals surface area contributed by atoms with Crippen molar-refractivity contribution in [3.8, 4) is 5.75 Å². The summed E-state index contributed by atoms with van der Waals surface area (Å²) < 4.78 is 6.01. The van der Waals surface area contributed by atoms with Crippen molar-refractivity contribution < 1.29 is 14.5 Å². The summed E-state index contributed by atoms with van der Waals surface area (Å²) in [4.78, 5) is 21.9. The molecular formula is C16H13BrClN3O4. The van der Waals surface area contributed by atoms with Crippen LogP contribution < -0.4 is 10.2 Å². The predicted octanol–water partition coefficient (Wildman–Crippen LogP) is 3.93. The van der Waals surface area contributed by atoms with E-state index in [4.69, 9.17) is 16.3 Å². The molecule has 2 aromatic carbocycles.